The van der Waals surface area contributed by atoms with E-state index in [0.717, 1.165) is 17.0 Å². The molecule has 1 aromatic heterocycles. The molecule has 0 aliphatic heterocycles. The molecule has 0 aliphatic rings. The number of rotatable bonds is 5. The molecule has 2 aromatic rings. The summed E-state index contributed by atoms with van der Waals surface area (Å²) >= 11 is 6.06. The average Bonchev–Trinajstić information content (AvgIpc) is 2.46. The average molecular weight is 291 g/mol. The Bertz CT molecular complexity index is 586. The molecular weight excluding hydrogens is 272 g/mol. The molecular formula is C16H19ClN2O. The zero-order valence-electron chi connectivity index (χ0n) is 12.0. The lowest BCUT2D eigenvalue weighted by Crippen LogP contribution is -2.20. The second-order valence-corrected chi connectivity index (χ2v) is 5.19. The molecule has 0 amide bonds. The van der Waals surface area contributed by atoms with E-state index in [-0.39, 0.29) is 6.04 Å². The molecule has 0 fully saturated rings. The Morgan fingerprint density at radius 2 is 2.15 bits per heavy atom. The van der Waals surface area contributed by atoms with Crippen LogP contribution in [0.4, 0.5) is 0 Å². The highest BCUT2D eigenvalue weighted by Crippen LogP contribution is 2.28. The van der Waals surface area contributed by atoms with Gasteiger partial charge in [-0.05, 0) is 43.7 Å². The minimum atomic E-state index is 0.130. The third-order valence-electron chi connectivity index (χ3n) is 3.35. The number of aromatic nitrogens is 1. The summed E-state index contributed by atoms with van der Waals surface area (Å²) in [6.45, 7) is 4.87. The van der Waals surface area contributed by atoms with Gasteiger partial charge in [0.05, 0.1) is 12.8 Å². The SMILES string of the molecule is COc1ccc(Cl)cc1[C@@H](C)NCc1ncccc1C. The number of nitrogens with one attached hydrogen (secondary N) is 1. The van der Waals surface area contributed by atoms with Crippen molar-refractivity contribution in [1.29, 1.82) is 0 Å². The van der Waals surface area contributed by atoms with Crippen LogP contribution in [-0.4, -0.2) is 12.1 Å². The summed E-state index contributed by atoms with van der Waals surface area (Å²) in [5.41, 5.74) is 3.29. The normalized spacial score (nSPS) is 12.2. The van der Waals surface area contributed by atoms with E-state index in [9.17, 15) is 0 Å². The van der Waals surface area contributed by atoms with Gasteiger partial charge in [-0.25, -0.2) is 0 Å². The molecule has 1 atom stereocenters. The second kappa shape index (κ2) is 6.73. The standard InChI is InChI=1S/C16H19ClN2O/c1-11-5-4-8-18-15(11)10-19-12(2)14-9-13(17)6-7-16(14)20-3/h4-9,12,19H,10H2,1-3H3/t12-/m1/s1. The van der Waals surface area contributed by atoms with Crippen LogP contribution in [0.5, 0.6) is 5.75 Å². The molecule has 0 bridgehead atoms. The van der Waals surface area contributed by atoms with Crippen LogP contribution in [0.3, 0.4) is 0 Å². The minimum Gasteiger partial charge on any atom is -0.496 e. The van der Waals surface area contributed by atoms with Crippen LogP contribution in [-0.2, 0) is 6.54 Å². The summed E-state index contributed by atoms with van der Waals surface area (Å²) in [6, 6.07) is 9.80. The molecule has 1 N–H and O–H groups in total. The Morgan fingerprint density at radius 1 is 1.35 bits per heavy atom. The van der Waals surface area contributed by atoms with Crippen molar-refractivity contribution in [1.82, 2.24) is 10.3 Å². The number of hydrogen-bond donors (Lipinski definition) is 1. The summed E-state index contributed by atoms with van der Waals surface area (Å²) in [7, 11) is 1.67. The number of ether oxygens (including phenoxy) is 1. The summed E-state index contributed by atoms with van der Waals surface area (Å²) in [5, 5.41) is 4.17. The van der Waals surface area contributed by atoms with Crippen LogP contribution in [0.25, 0.3) is 0 Å². The molecule has 1 heterocycles. The topological polar surface area (TPSA) is 34.1 Å². The summed E-state index contributed by atoms with van der Waals surface area (Å²) in [4.78, 5) is 4.38. The molecule has 0 aliphatic carbocycles. The lowest BCUT2D eigenvalue weighted by Gasteiger charge is -2.18. The quantitative estimate of drug-likeness (QED) is 0.907. The Labute approximate surface area is 124 Å². The number of pyridine rings is 1. The first-order chi connectivity index (χ1) is 9.61. The van der Waals surface area contributed by atoms with Gasteiger partial charge < -0.3 is 10.1 Å². The van der Waals surface area contributed by atoms with Crippen molar-refractivity contribution >= 4 is 11.6 Å². The van der Waals surface area contributed by atoms with Gasteiger partial charge in [0.1, 0.15) is 5.75 Å². The smallest absolute Gasteiger partial charge is 0.123 e. The first kappa shape index (κ1) is 14.8. The number of halogens is 1. The molecule has 0 unspecified atom stereocenters. The lowest BCUT2D eigenvalue weighted by atomic mass is 10.1. The van der Waals surface area contributed by atoms with Crippen LogP contribution in [0, 0.1) is 6.92 Å². The number of hydrogen-bond acceptors (Lipinski definition) is 3. The maximum Gasteiger partial charge on any atom is 0.123 e. The van der Waals surface area contributed by atoms with Crippen molar-refractivity contribution in [2.75, 3.05) is 7.11 Å². The largest absolute Gasteiger partial charge is 0.496 e. The number of methoxy groups -OCH3 is 1. The fourth-order valence-corrected chi connectivity index (χ4v) is 2.29. The predicted octanol–water partition coefficient (Wildman–Crippen LogP) is 3.90. The molecule has 20 heavy (non-hydrogen) atoms. The van der Waals surface area contributed by atoms with Crippen LogP contribution in [0.1, 0.15) is 29.8 Å². The highest BCUT2D eigenvalue weighted by molar-refractivity contribution is 6.30. The first-order valence-corrected chi connectivity index (χ1v) is 6.97. The molecule has 0 saturated heterocycles. The third kappa shape index (κ3) is 3.50. The molecule has 0 spiro atoms. The molecule has 106 valence electrons. The van der Waals surface area contributed by atoms with Gasteiger partial charge in [-0.2, -0.15) is 0 Å². The minimum absolute atomic E-state index is 0.130. The van der Waals surface area contributed by atoms with Gasteiger partial charge in [0, 0.05) is 29.4 Å². The third-order valence-corrected chi connectivity index (χ3v) is 3.59. The highest BCUT2D eigenvalue weighted by atomic mass is 35.5. The van der Waals surface area contributed by atoms with E-state index in [1.54, 1.807) is 7.11 Å². The summed E-state index contributed by atoms with van der Waals surface area (Å²) in [5.74, 6) is 0.840. The molecule has 1 aromatic carbocycles. The Balaban J connectivity index is 2.11. The van der Waals surface area contributed by atoms with E-state index in [4.69, 9.17) is 16.3 Å². The van der Waals surface area contributed by atoms with Crippen molar-refractivity contribution in [3.63, 3.8) is 0 Å². The fraction of sp³-hybridized carbons (Fsp3) is 0.312. The Hall–Kier alpha value is -1.58. The van der Waals surface area contributed by atoms with E-state index in [1.165, 1.54) is 5.56 Å². The molecule has 4 heteroatoms. The zero-order chi connectivity index (χ0) is 14.5. The van der Waals surface area contributed by atoms with Crippen molar-refractivity contribution in [3.8, 4) is 5.75 Å². The van der Waals surface area contributed by atoms with E-state index in [1.807, 2.05) is 30.5 Å². The molecule has 0 radical (unpaired) electrons. The van der Waals surface area contributed by atoms with Gasteiger partial charge in [-0.15, -0.1) is 0 Å². The maximum atomic E-state index is 6.06. The predicted molar refractivity (Wildman–Crippen MR) is 82.2 cm³/mol. The van der Waals surface area contributed by atoms with E-state index >= 15 is 0 Å². The summed E-state index contributed by atoms with van der Waals surface area (Å²) in [6.07, 6.45) is 1.81. The Morgan fingerprint density at radius 3 is 2.85 bits per heavy atom. The van der Waals surface area contributed by atoms with E-state index in [2.05, 4.69) is 30.2 Å². The van der Waals surface area contributed by atoms with Crippen LogP contribution >= 0.6 is 11.6 Å². The van der Waals surface area contributed by atoms with Crippen molar-refractivity contribution in [3.05, 3.63) is 58.4 Å². The fourth-order valence-electron chi connectivity index (χ4n) is 2.11. The van der Waals surface area contributed by atoms with Gasteiger partial charge in [-0.1, -0.05) is 17.7 Å². The molecule has 2 rings (SSSR count). The van der Waals surface area contributed by atoms with Crippen LogP contribution < -0.4 is 10.1 Å². The zero-order valence-corrected chi connectivity index (χ0v) is 12.7. The second-order valence-electron chi connectivity index (χ2n) is 4.76. The van der Waals surface area contributed by atoms with Crippen molar-refractivity contribution < 1.29 is 4.74 Å². The van der Waals surface area contributed by atoms with Gasteiger partial charge in [-0.3, -0.25) is 4.98 Å². The molecule has 0 saturated carbocycles. The molecule has 3 nitrogen and oxygen atoms in total. The number of nitrogens with zero attached hydrogens (tertiary/aromatic N) is 1. The van der Waals surface area contributed by atoms with Crippen molar-refractivity contribution in [2.24, 2.45) is 0 Å². The first-order valence-electron chi connectivity index (χ1n) is 6.59. The number of aryl methyl sites for hydroxylation is 1. The maximum absolute atomic E-state index is 6.06. The van der Waals surface area contributed by atoms with Crippen LogP contribution in [0.2, 0.25) is 5.02 Å². The van der Waals surface area contributed by atoms with Crippen LogP contribution in [0.15, 0.2) is 36.5 Å². The van der Waals surface area contributed by atoms with Gasteiger partial charge in [0.15, 0.2) is 0 Å². The van der Waals surface area contributed by atoms with E-state index in [0.29, 0.717) is 11.6 Å². The van der Waals surface area contributed by atoms with Gasteiger partial charge in [0.25, 0.3) is 0 Å². The lowest BCUT2D eigenvalue weighted by molar-refractivity contribution is 0.401. The van der Waals surface area contributed by atoms with E-state index < -0.39 is 0 Å². The Kier molecular flexibility index (Phi) is 4.99. The van der Waals surface area contributed by atoms with Crippen molar-refractivity contribution in [2.45, 2.75) is 26.4 Å². The van der Waals surface area contributed by atoms with Gasteiger partial charge in [0.2, 0.25) is 0 Å². The summed E-state index contributed by atoms with van der Waals surface area (Å²) < 4.78 is 5.38. The highest BCUT2D eigenvalue weighted by Gasteiger charge is 2.12. The monoisotopic (exact) mass is 290 g/mol. The number of benzene rings is 1. The van der Waals surface area contributed by atoms with Gasteiger partial charge >= 0.3 is 0 Å².